The highest BCUT2D eigenvalue weighted by atomic mass is 19.1. The third kappa shape index (κ3) is 6.20. The number of carbonyl (C=O) groups is 3. The molecule has 0 saturated heterocycles. The third-order valence-corrected chi connectivity index (χ3v) is 6.85. The number of methoxy groups -OCH3 is 1. The molecule has 0 saturated carbocycles. The zero-order chi connectivity index (χ0) is 30.9. The number of ether oxygens (including phenoxy) is 2. The largest absolute Gasteiger partial charge is 0.494 e. The van der Waals surface area contributed by atoms with E-state index in [1.54, 1.807) is 32.9 Å². The van der Waals surface area contributed by atoms with Gasteiger partial charge in [-0.05, 0) is 63.2 Å². The van der Waals surface area contributed by atoms with Gasteiger partial charge in [0.15, 0.2) is 17.3 Å². The summed E-state index contributed by atoms with van der Waals surface area (Å²) in [4.78, 5) is 45.1. The summed E-state index contributed by atoms with van der Waals surface area (Å²) >= 11 is 0. The first kappa shape index (κ1) is 29.3. The molecular formula is C32H32FN5O5. The van der Waals surface area contributed by atoms with E-state index in [-0.39, 0.29) is 36.0 Å². The molecule has 0 spiro atoms. The highest BCUT2D eigenvalue weighted by molar-refractivity contribution is 6.10. The van der Waals surface area contributed by atoms with Gasteiger partial charge in [0.25, 0.3) is 5.91 Å². The number of hydrogen-bond donors (Lipinski definition) is 2. The monoisotopic (exact) mass is 585 g/mol. The van der Waals surface area contributed by atoms with Gasteiger partial charge in [0.2, 0.25) is 0 Å². The molecule has 5 rings (SSSR count). The maximum absolute atomic E-state index is 14.2. The number of nitrogens with one attached hydrogen (secondary N) is 2. The number of halogens is 1. The minimum absolute atomic E-state index is 0.0302. The number of aromatic nitrogens is 2. The fourth-order valence-electron chi connectivity index (χ4n) is 4.93. The molecule has 0 fully saturated rings. The molecule has 222 valence electrons. The normalized spacial score (nSPS) is 12.9. The Morgan fingerprint density at radius 2 is 1.77 bits per heavy atom. The number of amides is 2. The van der Waals surface area contributed by atoms with Crippen LogP contribution in [0.1, 0.15) is 47.2 Å². The molecule has 0 aliphatic carbocycles. The maximum Gasteiger partial charge on any atom is 0.411 e. The smallest absolute Gasteiger partial charge is 0.411 e. The van der Waals surface area contributed by atoms with Gasteiger partial charge in [0.05, 0.1) is 42.8 Å². The van der Waals surface area contributed by atoms with Crippen LogP contribution in [0.25, 0.3) is 11.3 Å². The number of benzene rings is 2. The van der Waals surface area contributed by atoms with E-state index in [1.807, 2.05) is 41.9 Å². The van der Waals surface area contributed by atoms with Crippen LogP contribution in [0.4, 0.5) is 26.4 Å². The SMILES string of the molecule is COc1ccc(C(=O)Nc2cc(-c3c(Nc4ccccc4)c4c(n3C)CN(C(=O)OC(C)(C)C)CC4=O)ccn2)cc1F. The van der Waals surface area contributed by atoms with Gasteiger partial charge in [-0.3, -0.25) is 14.5 Å². The predicted molar refractivity (Wildman–Crippen MR) is 160 cm³/mol. The minimum atomic E-state index is -0.713. The van der Waals surface area contributed by atoms with Gasteiger partial charge >= 0.3 is 6.09 Å². The lowest BCUT2D eigenvalue weighted by Crippen LogP contribution is -2.42. The number of para-hydroxylation sites is 1. The number of rotatable bonds is 6. The second-order valence-electron chi connectivity index (χ2n) is 11.1. The van der Waals surface area contributed by atoms with Crippen molar-refractivity contribution in [2.75, 3.05) is 24.3 Å². The van der Waals surface area contributed by atoms with E-state index in [4.69, 9.17) is 9.47 Å². The molecule has 2 aromatic carbocycles. The molecule has 1 aliphatic rings. The summed E-state index contributed by atoms with van der Waals surface area (Å²) in [5, 5.41) is 6.11. The molecule has 11 heteroatoms. The van der Waals surface area contributed by atoms with Crippen LogP contribution in [0.2, 0.25) is 0 Å². The van der Waals surface area contributed by atoms with Crippen molar-refractivity contribution in [1.82, 2.24) is 14.5 Å². The summed E-state index contributed by atoms with van der Waals surface area (Å²) < 4.78 is 26.5. The Kier molecular flexibility index (Phi) is 7.90. The Bertz CT molecular complexity index is 1710. The summed E-state index contributed by atoms with van der Waals surface area (Å²) in [6.07, 6.45) is 0.961. The Morgan fingerprint density at radius 3 is 2.44 bits per heavy atom. The molecule has 0 bridgehead atoms. The van der Waals surface area contributed by atoms with E-state index in [1.165, 1.54) is 30.3 Å². The second-order valence-corrected chi connectivity index (χ2v) is 11.1. The molecule has 0 atom stereocenters. The first-order valence-electron chi connectivity index (χ1n) is 13.6. The van der Waals surface area contributed by atoms with E-state index < -0.39 is 23.4 Å². The molecular weight excluding hydrogens is 553 g/mol. The summed E-state index contributed by atoms with van der Waals surface area (Å²) in [7, 11) is 3.16. The van der Waals surface area contributed by atoms with Gasteiger partial charge in [0, 0.05) is 30.1 Å². The van der Waals surface area contributed by atoms with Crippen molar-refractivity contribution in [3.8, 4) is 17.0 Å². The van der Waals surface area contributed by atoms with E-state index in [2.05, 4.69) is 15.6 Å². The lowest BCUT2D eigenvalue weighted by Gasteiger charge is -2.30. The first-order chi connectivity index (χ1) is 20.4. The van der Waals surface area contributed by atoms with Crippen molar-refractivity contribution in [2.45, 2.75) is 32.9 Å². The van der Waals surface area contributed by atoms with Crippen LogP contribution in [0.15, 0.2) is 66.9 Å². The number of hydrogen-bond acceptors (Lipinski definition) is 7. The number of fused-ring (bicyclic) bond motifs is 1. The van der Waals surface area contributed by atoms with Gasteiger partial charge in [0.1, 0.15) is 11.4 Å². The zero-order valence-electron chi connectivity index (χ0n) is 24.5. The number of carbonyl (C=O) groups excluding carboxylic acids is 3. The standard InChI is InChI=1S/C32H32FN5O5/c1-32(2,3)43-31(41)38-17-23-27(24(39)18-38)28(35-21-9-7-6-8-10-21)29(37(23)4)19-13-14-34-26(16-19)36-30(40)20-11-12-25(42-5)22(33)15-20/h6-16,35H,17-18H2,1-5H3,(H,34,36,40). The number of nitrogens with zero attached hydrogens (tertiary/aromatic N) is 3. The molecule has 43 heavy (non-hydrogen) atoms. The van der Waals surface area contributed by atoms with Gasteiger partial charge in [-0.2, -0.15) is 0 Å². The van der Waals surface area contributed by atoms with Gasteiger partial charge in [-0.25, -0.2) is 14.2 Å². The fourth-order valence-corrected chi connectivity index (χ4v) is 4.93. The van der Waals surface area contributed by atoms with Crippen molar-refractivity contribution in [1.29, 1.82) is 0 Å². The summed E-state index contributed by atoms with van der Waals surface area (Å²) in [5.74, 6) is -1.19. The van der Waals surface area contributed by atoms with Gasteiger partial charge < -0.3 is 24.7 Å². The van der Waals surface area contributed by atoms with Crippen LogP contribution in [-0.4, -0.2) is 51.5 Å². The molecule has 0 radical (unpaired) electrons. The van der Waals surface area contributed by atoms with Crippen molar-refractivity contribution in [3.63, 3.8) is 0 Å². The summed E-state index contributed by atoms with van der Waals surface area (Å²) in [5.41, 5.74) is 3.12. The lowest BCUT2D eigenvalue weighted by atomic mass is 10.0. The van der Waals surface area contributed by atoms with Gasteiger partial charge in [-0.15, -0.1) is 0 Å². The van der Waals surface area contributed by atoms with E-state index in [9.17, 15) is 18.8 Å². The van der Waals surface area contributed by atoms with Crippen LogP contribution in [0.5, 0.6) is 5.75 Å². The number of anilines is 3. The molecule has 10 nitrogen and oxygen atoms in total. The van der Waals surface area contributed by atoms with Crippen molar-refractivity contribution in [2.24, 2.45) is 7.05 Å². The Balaban J connectivity index is 1.54. The number of ketones is 1. The number of Topliss-reactive ketones (excluding diaryl/α,β-unsaturated/α-hetero) is 1. The minimum Gasteiger partial charge on any atom is -0.494 e. The topological polar surface area (TPSA) is 115 Å². The summed E-state index contributed by atoms with van der Waals surface area (Å²) in [6.45, 7) is 5.35. The Hall–Kier alpha value is -5.19. The van der Waals surface area contributed by atoms with Gasteiger partial charge in [-0.1, -0.05) is 18.2 Å². The average molecular weight is 586 g/mol. The molecule has 2 aromatic heterocycles. The molecule has 3 heterocycles. The maximum atomic E-state index is 14.2. The first-order valence-corrected chi connectivity index (χ1v) is 13.6. The van der Waals surface area contributed by atoms with Crippen LogP contribution < -0.4 is 15.4 Å². The highest BCUT2D eigenvalue weighted by Crippen LogP contribution is 2.40. The van der Waals surface area contributed by atoms with Crippen molar-refractivity contribution in [3.05, 3.63) is 89.5 Å². The van der Waals surface area contributed by atoms with E-state index in [0.29, 0.717) is 28.2 Å². The van der Waals surface area contributed by atoms with Crippen molar-refractivity contribution >= 4 is 35.0 Å². The summed E-state index contributed by atoms with van der Waals surface area (Å²) in [6, 6.07) is 16.8. The molecule has 0 unspecified atom stereocenters. The van der Waals surface area contributed by atoms with Crippen LogP contribution >= 0.6 is 0 Å². The molecule has 4 aromatic rings. The fraction of sp³-hybridized carbons (Fsp3) is 0.250. The number of pyridine rings is 1. The van der Waals surface area contributed by atoms with E-state index in [0.717, 1.165) is 11.8 Å². The predicted octanol–water partition coefficient (Wildman–Crippen LogP) is 6.16. The molecule has 2 amide bonds. The quantitative estimate of drug-likeness (QED) is 0.278. The zero-order valence-corrected chi connectivity index (χ0v) is 24.5. The Morgan fingerprint density at radius 1 is 1.02 bits per heavy atom. The van der Waals surface area contributed by atoms with Crippen molar-refractivity contribution < 1.29 is 28.2 Å². The van der Waals surface area contributed by atoms with E-state index >= 15 is 0 Å². The molecule has 1 aliphatic heterocycles. The third-order valence-electron chi connectivity index (χ3n) is 6.85. The molecule has 2 N–H and O–H groups in total. The Labute approximate surface area is 248 Å². The average Bonchev–Trinajstić information content (AvgIpc) is 3.24. The van der Waals surface area contributed by atoms with Crippen LogP contribution in [-0.2, 0) is 18.3 Å². The van der Waals surface area contributed by atoms with Crippen LogP contribution in [0, 0.1) is 5.82 Å². The lowest BCUT2D eigenvalue weighted by molar-refractivity contribution is 0.0216. The second kappa shape index (κ2) is 11.6. The highest BCUT2D eigenvalue weighted by Gasteiger charge is 2.36. The van der Waals surface area contributed by atoms with Crippen LogP contribution in [0.3, 0.4) is 0 Å².